The summed E-state index contributed by atoms with van der Waals surface area (Å²) in [5.41, 5.74) is 7.72. The number of nitriles is 1. The zero-order valence-corrected chi connectivity index (χ0v) is 15.4. The predicted molar refractivity (Wildman–Crippen MR) is 98.7 cm³/mol. The van der Waals surface area contributed by atoms with E-state index in [1.54, 1.807) is 7.11 Å². The quantitative estimate of drug-likeness (QED) is 0.700. The number of nitrogens with zero attached hydrogens (tertiary/aromatic N) is 2. The zero-order valence-electron chi connectivity index (χ0n) is 15.4. The van der Waals surface area contributed by atoms with E-state index in [1.807, 2.05) is 43.3 Å². The molecule has 0 fully saturated rings. The summed E-state index contributed by atoms with van der Waals surface area (Å²) in [6, 6.07) is 13.0. The first-order valence-corrected chi connectivity index (χ1v) is 8.58. The fourth-order valence-corrected chi connectivity index (χ4v) is 3.14. The Morgan fingerprint density at radius 1 is 1.21 bits per heavy atom. The molecule has 1 aliphatic heterocycles. The van der Waals surface area contributed by atoms with Gasteiger partial charge in [-0.3, -0.25) is 5.10 Å². The van der Waals surface area contributed by atoms with E-state index >= 15 is 0 Å². The molecule has 3 aromatic rings. The molecule has 4 rings (SSSR count). The number of H-pyrrole nitrogens is 1. The number of rotatable bonds is 5. The van der Waals surface area contributed by atoms with Crippen molar-refractivity contribution in [2.24, 2.45) is 5.73 Å². The van der Waals surface area contributed by atoms with E-state index in [2.05, 4.69) is 16.3 Å². The molecule has 3 N–H and O–H groups in total. The number of ether oxygens (including phenoxy) is 3. The van der Waals surface area contributed by atoms with Crippen molar-refractivity contribution in [1.82, 2.24) is 10.2 Å². The maximum atomic E-state index is 9.57. The van der Waals surface area contributed by atoms with E-state index in [4.69, 9.17) is 24.4 Å². The first-order chi connectivity index (χ1) is 13.6. The Balaban J connectivity index is 1.58. The lowest BCUT2D eigenvalue weighted by Crippen LogP contribution is -2.20. The summed E-state index contributed by atoms with van der Waals surface area (Å²) in [5, 5.41) is 16.5. The van der Waals surface area contributed by atoms with Crippen molar-refractivity contribution in [3.63, 3.8) is 0 Å². The molecule has 0 bridgehead atoms. The molecule has 1 aliphatic rings. The Morgan fingerprint density at radius 2 is 1.96 bits per heavy atom. The molecule has 0 amide bonds. The minimum Gasteiger partial charge on any atom is -0.497 e. The third kappa shape index (κ3) is 3.03. The zero-order chi connectivity index (χ0) is 19.7. The fraction of sp³-hybridized carbons (Fsp3) is 0.200. The molecule has 0 aliphatic carbocycles. The van der Waals surface area contributed by atoms with Gasteiger partial charge >= 0.3 is 0 Å². The summed E-state index contributed by atoms with van der Waals surface area (Å²) in [4.78, 5) is 0. The highest BCUT2D eigenvalue weighted by molar-refractivity contribution is 5.53. The van der Waals surface area contributed by atoms with Crippen molar-refractivity contribution in [1.29, 1.82) is 5.26 Å². The van der Waals surface area contributed by atoms with Crippen LogP contribution in [0.5, 0.6) is 17.4 Å². The summed E-state index contributed by atoms with van der Waals surface area (Å²) >= 11 is 0. The van der Waals surface area contributed by atoms with Gasteiger partial charge in [-0.1, -0.05) is 0 Å². The van der Waals surface area contributed by atoms with Gasteiger partial charge in [0.05, 0.1) is 18.6 Å². The van der Waals surface area contributed by atoms with E-state index < -0.39 is 5.92 Å². The second-order valence-corrected chi connectivity index (χ2v) is 6.26. The number of allylic oxidation sites excluding steroid dienone is 1. The van der Waals surface area contributed by atoms with Crippen LogP contribution >= 0.6 is 0 Å². The van der Waals surface area contributed by atoms with Gasteiger partial charge in [-0.05, 0) is 43.3 Å². The fourth-order valence-electron chi connectivity index (χ4n) is 3.14. The predicted octanol–water partition coefficient (Wildman–Crippen LogP) is 3.12. The van der Waals surface area contributed by atoms with E-state index in [-0.39, 0.29) is 18.1 Å². The third-order valence-electron chi connectivity index (χ3n) is 4.54. The van der Waals surface area contributed by atoms with Crippen molar-refractivity contribution in [2.75, 3.05) is 7.11 Å². The average Bonchev–Trinajstić information content (AvgIpc) is 3.32. The molecular weight excluding hydrogens is 360 g/mol. The first-order valence-electron chi connectivity index (χ1n) is 8.58. The minimum atomic E-state index is -0.484. The Bertz CT molecular complexity index is 1070. The molecule has 1 atom stereocenters. The van der Waals surface area contributed by atoms with Crippen molar-refractivity contribution >= 4 is 0 Å². The second kappa shape index (κ2) is 7.04. The second-order valence-electron chi connectivity index (χ2n) is 6.26. The number of hydrogen-bond acceptors (Lipinski definition) is 7. The third-order valence-corrected chi connectivity index (χ3v) is 4.54. The highest BCUT2D eigenvalue weighted by Crippen LogP contribution is 2.43. The number of nitrogens with two attached hydrogens (primary N) is 1. The SMILES string of the molecule is COc1ccc(OCc2ccc(C3C(C#N)=C(N)Oc4n[nH]c(C)c43)o2)cc1. The van der Waals surface area contributed by atoms with Gasteiger partial charge in [0.15, 0.2) is 0 Å². The first kappa shape index (κ1) is 17.5. The van der Waals surface area contributed by atoms with Crippen LogP contribution in [0.2, 0.25) is 0 Å². The maximum absolute atomic E-state index is 9.57. The van der Waals surface area contributed by atoms with Gasteiger partial charge in [0, 0.05) is 5.69 Å². The van der Waals surface area contributed by atoms with Gasteiger partial charge in [-0.2, -0.15) is 5.26 Å². The van der Waals surface area contributed by atoms with Crippen molar-refractivity contribution in [3.8, 4) is 23.4 Å². The van der Waals surface area contributed by atoms with E-state index in [0.717, 1.165) is 17.0 Å². The number of aromatic amines is 1. The number of nitrogens with one attached hydrogen (secondary N) is 1. The van der Waals surface area contributed by atoms with Gasteiger partial charge in [0.25, 0.3) is 0 Å². The molecule has 0 radical (unpaired) electrons. The van der Waals surface area contributed by atoms with Gasteiger partial charge in [-0.15, -0.1) is 5.10 Å². The summed E-state index contributed by atoms with van der Waals surface area (Å²) in [6.45, 7) is 2.10. The summed E-state index contributed by atoms with van der Waals surface area (Å²) in [7, 11) is 1.61. The lowest BCUT2D eigenvalue weighted by molar-refractivity contribution is 0.264. The summed E-state index contributed by atoms with van der Waals surface area (Å²) < 4.78 is 22.3. The Morgan fingerprint density at radius 3 is 2.68 bits per heavy atom. The molecule has 0 saturated heterocycles. The van der Waals surface area contributed by atoms with Crippen LogP contribution in [-0.2, 0) is 6.61 Å². The lowest BCUT2D eigenvalue weighted by atomic mass is 9.88. The Kier molecular flexibility index (Phi) is 4.41. The van der Waals surface area contributed by atoms with Gasteiger partial charge in [0.2, 0.25) is 11.8 Å². The average molecular weight is 378 g/mol. The van der Waals surface area contributed by atoms with Crippen LogP contribution < -0.4 is 19.9 Å². The monoisotopic (exact) mass is 378 g/mol. The summed E-state index contributed by atoms with van der Waals surface area (Å²) in [5.74, 6) is 2.54. The van der Waals surface area contributed by atoms with Crippen molar-refractivity contribution < 1.29 is 18.6 Å². The van der Waals surface area contributed by atoms with Crippen LogP contribution in [0.4, 0.5) is 0 Å². The maximum Gasteiger partial charge on any atom is 0.244 e. The van der Waals surface area contributed by atoms with Crippen LogP contribution in [0.3, 0.4) is 0 Å². The van der Waals surface area contributed by atoms with Crippen molar-refractivity contribution in [2.45, 2.75) is 19.4 Å². The topological polar surface area (TPSA) is 119 Å². The number of furan rings is 1. The Labute approximate surface area is 161 Å². The molecule has 1 unspecified atom stereocenters. The van der Waals surface area contributed by atoms with Crippen molar-refractivity contribution in [3.05, 3.63) is 70.6 Å². The number of aromatic nitrogens is 2. The lowest BCUT2D eigenvalue weighted by Gasteiger charge is -2.21. The smallest absolute Gasteiger partial charge is 0.244 e. The molecule has 1 aromatic carbocycles. The molecule has 0 spiro atoms. The number of benzene rings is 1. The normalized spacial score (nSPS) is 15.5. The van der Waals surface area contributed by atoms with Crippen LogP contribution in [-0.4, -0.2) is 17.3 Å². The van der Waals surface area contributed by atoms with Crippen LogP contribution in [0.25, 0.3) is 0 Å². The van der Waals surface area contributed by atoms with E-state index in [0.29, 0.717) is 23.1 Å². The molecule has 28 heavy (non-hydrogen) atoms. The number of hydrogen-bond donors (Lipinski definition) is 2. The largest absolute Gasteiger partial charge is 0.497 e. The molecule has 8 nitrogen and oxygen atoms in total. The van der Waals surface area contributed by atoms with Crippen LogP contribution in [0, 0.1) is 18.3 Å². The van der Waals surface area contributed by atoms with Gasteiger partial charge in [0.1, 0.15) is 41.3 Å². The molecule has 2 aromatic heterocycles. The standard InChI is InChI=1S/C20H18N4O4/c1-11-17-18(15(9-21)19(22)28-20(17)24-23-11)16-8-7-14(27-16)10-26-13-5-3-12(25-2)4-6-13/h3-8,18H,10,22H2,1-2H3,(H,23,24). The van der Waals surface area contributed by atoms with Gasteiger partial charge < -0.3 is 24.4 Å². The molecule has 8 heteroatoms. The molecule has 3 heterocycles. The highest BCUT2D eigenvalue weighted by atomic mass is 16.5. The number of fused-ring (bicyclic) bond motifs is 1. The number of methoxy groups -OCH3 is 1. The number of aryl methyl sites for hydroxylation is 1. The van der Waals surface area contributed by atoms with E-state index in [1.165, 1.54) is 0 Å². The molecule has 142 valence electrons. The molecule has 0 saturated carbocycles. The van der Waals surface area contributed by atoms with Crippen LogP contribution in [0.1, 0.15) is 28.7 Å². The molecular formula is C20H18N4O4. The van der Waals surface area contributed by atoms with Crippen LogP contribution in [0.15, 0.2) is 52.3 Å². The highest BCUT2D eigenvalue weighted by Gasteiger charge is 2.36. The Hall–Kier alpha value is -3.86. The minimum absolute atomic E-state index is 0.0268. The van der Waals surface area contributed by atoms with E-state index in [9.17, 15) is 5.26 Å². The van der Waals surface area contributed by atoms with Gasteiger partial charge in [-0.25, -0.2) is 0 Å². The summed E-state index contributed by atoms with van der Waals surface area (Å²) in [6.07, 6.45) is 0.